The Labute approximate surface area is 81.1 Å². The van der Waals surface area contributed by atoms with Gasteiger partial charge >= 0.3 is 0 Å². The maximum absolute atomic E-state index is 12.9. The third kappa shape index (κ3) is 2.95. The van der Waals surface area contributed by atoms with Crippen LogP contribution in [-0.4, -0.2) is 18.4 Å². The van der Waals surface area contributed by atoms with E-state index in [0.717, 1.165) is 0 Å². The molecule has 3 nitrogen and oxygen atoms in total. The van der Waals surface area contributed by atoms with Crippen molar-refractivity contribution in [2.75, 3.05) is 6.54 Å². The molecule has 0 spiro atoms. The minimum atomic E-state index is -2.72. The highest BCUT2D eigenvalue weighted by Crippen LogP contribution is 2.36. The fraction of sp³-hybridized carbons (Fsp3) is 0.778. The maximum Gasteiger partial charge on any atom is 0.248 e. The maximum atomic E-state index is 12.9. The summed E-state index contributed by atoms with van der Waals surface area (Å²) in [7, 11) is 0. The zero-order valence-electron chi connectivity index (χ0n) is 7.72. The van der Waals surface area contributed by atoms with Gasteiger partial charge in [-0.15, -0.1) is 0 Å². The van der Waals surface area contributed by atoms with E-state index in [1.807, 2.05) is 0 Å². The van der Waals surface area contributed by atoms with Crippen molar-refractivity contribution in [2.45, 2.75) is 31.6 Å². The number of nitriles is 1. The Hall–Kier alpha value is -1.18. The van der Waals surface area contributed by atoms with Gasteiger partial charge in [0.15, 0.2) is 0 Å². The molecular formula is C9H12F2N2O. The van der Waals surface area contributed by atoms with Crippen LogP contribution in [-0.2, 0) is 4.79 Å². The number of amides is 1. The number of nitrogens with zero attached hydrogens (tertiary/aromatic N) is 1. The minimum absolute atomic E-state index is 0.110. The van der Waals surface area contributed by atoms with Crippen LogP contribution in [0.15, 0.2) is 0 Å². The summed E-state index contributed by atoms with van der Waals surface area (Å²) in [6.07, 6.45) is 0.351. The number of rotatable bonds is 2. The van der Waals surface area contributed by atoms with Crippen molar-refractivity contribution in [1.29, 1.82) is 5.26 Å². The summed E-state index contributed by atoms with van der Waals surface area (Å²) in [5, 5.41) is 10.5. The van der Waals surface area contributed by atoms with Crippen molar-refractivity contribution >= 4 is 5.91 Å². The Kier molecular flexibility index (Phi) is 3.39. The van der Waals surface area contributed by atoms with Gasteiger partial charge in [-0.25, -0.2) is 8.78 Å². The molecular weight excluding hydrogens is 190 g/mol. The average molecular weight is 202 g/mol. The SMILES string of the molecule is N#CCNC(=O)C1CCCC(F)(F)C1. The van der Waals surface area contributed by atoms with Crippen molar-refractivity contribution in [2.24, 2.45) is 5.92 Å². The Morgan fingerprint density at radius 1 is 1.64 bits per heavy atom. The molecule has 1 rings (SSSR count). The molecule has 0 heterocycles. The quantitative estimate of drug-likeness (QED) is 0.689. The molecule has 1 amide bonds. The minimum Gasteiger partial charge on any atom is -0.343 e. The van der Waals surface area contributed by atoms with Crippen molar-refractivity contribution in [1.82, 2.24) is 5.32 Å². The van der Waals surface area contributed by atoms with Crippen LogP contribution < -0.4 is 5.32 Å². The van der Waals surface area contributed by atoms with Crippen molar-refractivity contribution in [3.8, 4) is 6.07 Å². The van der Waals surface area contributed by atoms with E-state index in [9.17, 15) is 13.6 Å². The van der Waals surface area contributed by atoms with E-state index < -0.39 is 17.7 Å². The van der Waals surface area contributed by atoms with Gasteiger partial charge < -0.3 is 5.32 Å². The van der Waals surface area contributed by atoms with Crippen LogP contribution in [0.5, 0.6) is 0 Å². The highest BCUT2D eigenvalue weighted by atomic mass is 19.3. The van der Waals surface area contributed by atoms with Crippen LogP contribution >= 0.6 is 0 Å². The van der Waals surface area contributed by atoms with E-state index in [4.69, 9.17) is 5.26 Å². The van der Waals surface area contributed by atoms with Gasteiger partial charge in [-0.2, -0.15) is 5.26 Å². The smallest absolute Gasteiger partial charge is 0.248 e. The second kappa shape index (κ2) is 4.36. The van der Waals surface area contributed by atoms with Crippen molar-refractivity contribution in [3.63, 3.8) is 0 Å². The van der Waals surface area contributed by atoms with Crippen LogP contribution in [0.3, 0.4) is 0 Å². The number of halogens is 2. The zero-order chi connectivity index (χ0) is 10.6. The summed E-state index contributed by atoms with van der Waals surface area (Å²) in [4.78, 5) is 11.2. The Balaban J connectivity index is 2.44. The first-order valence-corrected chi connectivity index (χ1v) is 4.58. The van der Waals surface area contributed by atoms with E-state index in [0.29, 0.717) is 12.8 Å². The Bertz CT molecular complexity index is 260. The molecule has 1 atom stereocenters. The molecule has 1 saturated carbocycles. The van der Waals surface area contributed by atoms with Crippen molar-refractivity contribution < 1.29 is 13.6 Å². The third-order valence-electron chi connectivity index (χ3n) is 2.35. The molecule has 0 saturated heterocycles. The lowest BCUT2D eigenvalue weighted by molar-refractivity contribution is -0.131. The molecule has 0 aromatic heterocycles. The van der Waals surface area contributed by atoms with E-state index >= 15 is 0 Å². The number of hydrogen-bond acceptors (Lipinski definition) is 2. The van der Waals surface area contributed by atoms with Gasteiger partial charge in [0, 0.05) is 18.8 Å². The molecule has 0 aromatic rings. The molecule has 14 heavy (non-hydrogen) atoms. The largest absolute Gasteiger partial charge is 0.343 e. The van der Waals surface area contributed by atoms with E-state index in [1.54, 1.807) is 6.07 Å². The second-order valence-electron chi connectivity index (χ2n) is 3.53. The summed E-state index contributed by atoms with van der Waals surface area (Å²) in [5.74, 6) is -3.77. The summed E-state index contributed by atoms with van der Waals surface area (Å²) in [6, 6.07) is 1.74. The summed E-state index contributed by atoms with van der Waals surface area (Å²) in [6.45, 7) is -0.110. The zero-order valence-corrected chi connectivity index (χ0v) is 7.72. The van der Waals surface area contributed by atoms with Crippen LogP contribution in [0.1, 0.15) is 25.7 Å². The average Bonchev–Trinajstić information content (AvgIpc) is 2.12. The first-order valence-electron chi connectivity index (χ1n) is 4.58. The van der Waals surface area contributed by atoms with Crippen LogP contribution in [0.4, 0.5) is 8.78 Å². The fourth-order valence-corrected chi connectivity index (χ4v) is 1.67. The van der Waals surface area contributed by atoms with Gasteiger partial charge in [0.1, 0.15) is 6.54 Å². The van der Waals surface area contributed by atoms with Gasteiger partial charge in [-0.3, -0.25) is 4.79 Å². The van der Waals surface area contributed by atoms with Crippen LogP contribution in [0, 0.1) is 17.2 Å². The van der Waals surface area contributed by atoms with Crippen LogP contribution in [0.2, 0.25) is 0 Å². The van der Waals surface area contributed by atoms with E-state index in [2.05, 4.69) is 5.32 Å². The van der Waals surface area contributed by atoms with Gasteiger partial charge in [-0.1, -0.05) is 0 Å². The topological polar surface area (TPSA) is 52.9 Å². The molecule has 1 fully saturated rings. The van der Waals surface area contributed by atoms with Gasteiger partial charge in [0.25, 0.3) is 0 Å². The Morgan fingerprint density at radius 2 is 2.36 bits per heavy atom. The predicted molar refractivity (Wildman–Crippen MR) is 45.5 cm³/mol. The highest BCUT2D eigenvalue weighted by Gasteiger charge is 2.38. The normalized spacial score (nSPS) is 25.1. The molecule has 5 heteroatoms. The molecule has 1 aliphatic rings. The lowest BCUT2D eigenvalue weighted by atomic mass is 9.86. The van der Waals surface area contributed by atoms with E-state index in [-0.39, 0.29) is 19.4 Å². The summed E-state index contributed by atoms with van der Waals surface area (Å²) >= 11 is 0. The number of alkyl halides is 2. The second-order valence-corrected chi connectivity index (χ2v) is 3.53. The first-order chi connectivity index (χ1) is 6.55. The molecule has 1 unspecified atom stereocenters. The summed E-state index contributed by atoms with van der Waals surface area (Å²) in [5.41, 5.74) is 0. The number of carbonyl (C=O) groups is 1. The molecule has 0 aromatic carbocycles. The molecule has 78 valence electrons. The molecule has 0 aliphatic heterocycles. The Morgan fingerprint density at radius 3 is 2.93 bits per heavy atom. The van der Waals surface area contributed by atoms with Gasteiger partial charge in [0.05, 0.1) is 6.07 Å². The lowest BCUT2D eigenvalue weighted by Gasteiger charge is -2.27. The molecule has 0 radical (unpaired) electrons. The molecule has 1 aliphatic carbocycles. The van der Waals surface area contributed by atoms with Crippen LogP contribution in [0.25, 0.3) is 0 Å². The fourth-order valence-electron chi connectivity index (χ4n) is 1.67. The lowest BCUT2D eigenvalue weighted by Crippen LogP contribution is -2.37. The third-order valence-corrected chi connectivity index (χ3v) is 2.35. The van der Waals surface area contributed by atoms with Gasteiger partial charge in [0.2, 0.25) is 11.8 Å². The summed E-state index contributed by atoms with van der Waals surface area (Å²) < 4.78 is 25.8. The monoisotopic (exact) mass is 202 g/mol. The molecule has 1 N–H and O–H groups in total. The molecule has 0 bridgehead atoms. The predicted octanol–water partition coefficient (Wildman–Crippen LogP) is 1.45. The first kappa shape index (κ1) is 10.9. The standard InChI is InChI=1S/C9H12F2N2O/c10-9(11)3-1-2-7(6-9)8(14)13-5-4-12/h7H,1-3,5-6H2,(H,13,14). The highest BCUT2D eigenvalue weighted by molar-refractivity contribution is 5.79. The van der Waals surface area contributed by atoms with E-state index in [1.165, 1.54) is 0 Å². The number of carbonyl (C=O) groups excluding carboxylic acids is 1. The number of nitrogens with one attached hydrogen (secondary N) is 1. The van der Waals surface area contributed by atoms with Crippen molar-refractivity contribution in [3.05, 3.63) is 0 Å². The van der Waals surface area contributed by atoms with Gasteiger partial charge in [-0.05, 0) is 12.8 Å². The number of hydrogen-bond donors (Lipinski definition) is 1.